The Kier molecular flexibility index (Phi) is 3.73. The summed E-state index contributed by atoms with van der Waals surface area (Å²) < 4.78 is 5.14. The lowest BCUT2D eigenvalue weighted by atomic mass is 10.1. The van der Waals surface area contributed by atoms with Crippen LogP contribution in [-0.4, -0.2) is 19.1 Å². The van der Waals surface area contributed by atoms with Crippen LogP contribution in [0.4, 0.5) is 0 Å². The van der Waals surface area contributed by atoms with E-state index >= 15 is 0 Å². The fourth-order valence-corrected chi connectivity index (χ4v) is 1.71. The molecule has 0 fully saturated rings. The molecule has 0 saturated heterocycles. The van der Waals surface area contributed by atoms with E-state index in [1.807, 2.05) is 43.6 Å². The normalized spacial score (nSPS) is 10.2. The first kappa shape index (κ1) is 11.6. The van der Waals surface area contributed by atoms with Gasteiger partial charge in [0.15, 0.2) is 0 Å². The third-order valence-corrected chi connectivity index (χ3v) is 2.59. The van der Waals surface area contributed by atoms with Gasteiger partial charge in [0, 0.05) is 18.3 Å². The van der Waals surface area contributed by atoms with E-state index in [1.54, 1.807) is 7.11 Å². The number of hydrogen-bond donors (Lipinski definition) is 1. The number of nitrogens with zero attached hydrogens (tertiary/aromatic N) is 1. The van der Waals surface area contributed by atoms with E-state index in [2.05, 4.69) is 16.4 Å². The van der Waals surface area contributed by atoms with Gasteiger partial charge in [-0.15, -0.1) is 0 Å². The Morgan fingerprint density at radius 1 is 1.18 bits per heavy atom. The topological polar surface area (TPSA) is 34.2 Å². The van der Waals surface area contributed by atoms with Gasteiger partial charge in [-0.3, -0.25) is 4.98 Å². The van der Waals surface area contributed by atoms with Gasteiger partial charge in [-0.25, -0.2) is 0 Å². The Balaban J connectivity index is 2.28. The van der Waals surface area contributed by atoms with Crippen molar-refractivity contribution in [3.05, 3.63) is 48.2 Å². The number of benzene rings is 1. The zero-order valence-corrected chi connectivity index (χ0v) is 10.1. The first-order chi connectivity index (χ1) is 8.33. The maximum Gasteiger partial charge on any atom is 0.118 e. The molecular weight excluding hydrogens is 212 g/mol. The molecule has 0 aliphatic rings. The second kappa shape index (κ2) is 5.46. The molecule has 0 aliphatic carbocycles. The Labute approximate surface area is 101 Å². The average Bonchev–Trinajstić information content (AvgIpc) is 2.40. The van der Waals surface area contributed by atoms with E-state index in [0.29, 0.717) is 0 Å². The van der Waals surface area contributed by atoms with Crippen molar-refractivity contribution in [1.82, 2.24) is 10.3 Å². The van der Waals surface area contributed by atoms with Crippen LogP contribution in [0.5, 0.6) is 5.75 Å². The van der Waals surface area contributed by atoms with Crippen molar-refractivity contribution in [3.63, 3.8) is 0 Å². The Bertz CT molecular complexity index is 480. The third kappa shape index (κ3) is 2.82. The first-order valence-electron chi connectivity index (χ1n) is 5.57. The van der Waals surface area contributed by atoms with Gasteiger partial charge in [0.25, 0.3) is 0 Å². The van der Waals surface area contributed by atoms with Crippen LogP contribution in [-0.2, 0) is 6.54 Å². The molecule has 0 atom stereocenters. The van der Waals surface area contributed by atoms with E-state index in [4.69, 9.17) is 4.74 Å². The highest BCUT2D eigenvalue weighted by Gasteiger charge is 2.01. The minimum absolute atomic E-state index is 0.853. The lowest BCUT2D eigenvalue weighted by Gasteiger charge is -2.05. The Morgan fingerprint density at radius 3 is 2.59 bits per heavy atom. The SMILES string of the molecule is CNCc1ccnc(-c2ccc(OC)cc2)c1. The van der Waals surface area contributed by atoms with Gasteiger partial charge in [0.1, 0.15) is 5.75 Å². The van der Waals surface area contributed by atoms with Crippen LogP contribution in [0.15, 0.2) is 42.6 Å². The zero-order valence-electron chi connectivity index (χ0n) is 10.1. The second-order valence-corrected chi connectivity index (χ2v) is 3.81. The molecule has 2 aromatic rings. The predicted octanol–water partition coefficient (Wildman–Crippen LogP) is 2.48. The predicted molar refractivity (Wildman–Crippen MR) is 69.0 cm³/mol. The van der Waals surface area contributed by atoms with Crippen LogP contribution < -0.4 is 10.1 Å². The maximum atomic E-state index is 5.14. The fourth-order valence-electron chi connectivity index (χ4n) is 1.71. The highest BCUT2D eigenvalue weighted by molar-refractivity contribution is 5.60. The van der Waals surface area contributed by atoms with E-state index in [-0.39, 0.29) is 0 Å². The van der Waals surface area contributed by atoms with Gasteiger partial charge < -0.3 is 10.1 Å². The van der Waals surface area contributed by atoms with E-state index in [9.17, 15) is 0 Å². The smallest absolute Gasteiger partial charge is 0.118 e. The van der Waals surface area contributed by atoms with Gasteiger partial charge in [-0.05, 0) is 49.0 Å². The number of methoxy groups -OCH3 is 1. The highest BCUT2D eigenvalue weighted by Crippen LogP contribution is 2.21. The summed E-state index contributed by atoms with van der Waals surface area (Å²) in [5.41, 5.74) is 3.32. The molecule has 17 heavy (non-hydrogen) atoms. The van der Waals surface area contributed by atoms with E-state index in [1.165, 1.54) is 5.56 Å². The number of pyridine rings is 1. The molecule has 1 N–H and O–H groups in total. The molecule has 1 aromatic heterocycles. The molecule has 0 unspecified atom stereocenters. The summed E-state index contributed by atoms with van der Waals surface area (Å²) in [5.74, 6) is 0.861. The van der Waals surface area contributed by atoms with E-state index in [0.717, 1.165) is 23.6 Å². The van der Waals surface area contributed by atoms with Crippen LogP contribution in [0.2, 0.25) is 0 Å². The van der Waals surface area contributed by atoms with Gasteiger partial charge in [0.05, 0.1) is 12.8 Å². The summed E-state index contributed by atoms with van der Waals surface area (Å²) in [4.78, 5) is 4.38. The number of aromatic nitrogens is 1. The van der Waals surface area contributed by atoms with Gasteiger partial charge >= 0.3 is 0 Å². The maximum absolute atomic E-state index is 5.14. The highest BCUT2D eigenvalue weighted by atomic mass is 16.5. The molecule has 0 amide bonds. The van der Waals surface area contributed by atoms with Gasteiger partial charge in [-0.1, -0.05) is 0 Å². The molecule has 1 heterocycles. The summed E-state index contributed by atoms with van der Waals surface area (Å²) >= 11 is 0. The molecule has 3 nitrogen and oxygen atoms in total. The van der Waals surface area contributed by atoms with Gasteiger partial charge in [0.2, 0.25) is 0 Å². The molecule has 2 rings (SSSR count). The summed E-state index contributed by atoms with van der Waals surface area (Å²) in [6.45, 7) is 0.853. The van der Waals surface area contributed by atoms with Crippen molar-refractivity contribution in [2.45, 2.75) is 6.54 Å². The monoisotopic (exact) mass is 228 g/mol. The van der Waals surface area contributed by atoms with E-state index < -0.39 is 0 Å². The largest absolute Gasteiger partial charge is 0.497 e. The summed E-state index contributed by atoms with van der Waals surface area (Å²) in [6.07, 6.45) is 1.84. The van der Waals surface area contributed by atoms with Crippen LogP contribution in [0.3, 0.4) is 0 Å². The minimum Gasteiger partial charge on any atom is -0.497 e. The van der Waals surface area contributed by atoms with Gasteiger partial charge in [-0.2, -0.15) is 0 Å². The van der Waals surface area contributed by atoms with Crippen LogP contribution in [0, 0.1) is 0 Å². The Morgan fingerprint density at radius 2 is 1.94 bits per heavy atom. The van der Waals surface area contributed by atoms with Crippen molar-refractivity contribution in [3.8, 4) is 17.0 Å². The quantitative estimate of drug-likeness (QED) is 0.873. The number of nitrogens with one attached hydrogen (secondary N) is 1. The molecule has 88 valence electrons. The molecule has 0 bridgehead atoms. The van der Waals surface area contributed by atoms with Crippen molar-refractivity contribution in [2.24, 2.45) is 0 Å². The lowest BCUT2D eigenvalue weighted by Crippen LogP contribution is -2.05. The second-order valence-electron chi connectivity index (χ2n) is 3.81. The molecule has 1 aromatic carbocycles. The summed E-state index contributed by atoms with van der Waals surface area (Å²) in [6, 6.07) is 12.0. The molecular formula is C14H16N2O. The summed E-state index contributed by atoms with van der Waals surface area (Å²) in [7, 11) is 3.61. The lowest BCUT2D eigenvalue weighted by molar-refractivity contribution is 0.415. The van der Waals surface area contributed by atoms with Crippen molar-refractivity contribution in [2.75, 3.05) is 14.2 Å². The first-order valence-corrected chi connectivity index (χ1v) is 5.57. The van der Waals surface area contributed by atoms with Crippen LogP contribution in [0.25, 0.3) is 11.3 Å². The minimum atomic E-state index is 0.853. The Hall–Kier alpha value is -1.87. The van der Waals surface area contributed by atoms with Crippen molar-refractivity contribution in [1.29, 1.82) is 0 Å². The third-order valence-electron chi connectivity index (χ3n) is 2.59. The number of ether oxygens (including phenoxy) is 1. The number of rotatable bonds is 4. The van der Waals surface area contributed by atoms with Crippen molar-refractivity contribution < 1.29 is 4.74 Å². The molecule has 0 aliphatic heterocycles. The molecule has 0 saturated carbocycles. The fraction of sp³-hybridized carbons (Fsp3) is 0.214. The zero-order chi connectivity index (χ0) is 12.1. The molecule has 3 heteroatoms. The molecule has 0 radical (unpaired) electrons. The summed E-state index contributed by atoms with van der Waals surface area (Å²) in [5, 5.41) is 3.13. The standard InChI is InChI=1S/C14H16N2O/c1-15-10-11-7-8-16-14(9-11)12-3-5-13(17-2)6-4-12/h3-9,15H,10H2,1-2H3. The number of hydrogen-bond acceptors (Lipinski definition) is 3. The average molecular weight is 228 g/mol. The van der Waals surface area contributed by atoms with Crippen LogP contribution in [0.1, 0.15) is 5.56 Å². The van der Waals surface area contributed by atoms with Crippen molar-refractivity contribution >= 4 is 0 Å². The molecule has 0 spiro atoms. The van der Waals surface area contributed by atoms with Crippen LogP contribution >= 0.6 is 0 Å².